The fourth-order valence-electron chi connectivity index (χ4n) is 2.60. The normalized spacial score (nSPS) is 19.3. The fraction of sp³-hybridized carbons (Fsp3) is 0.462. The summed E-state index contributed by atoms with van der Waals surface area (Å²) in [5.41, 5.74) is 6.16. The fourth-order valence-corrected chi connectivity index (χ4v) is 2.73. The van der Waals surface area contributed by atoms with Gasteiger partial charge in [-0.05, 0) is 30.5 Å². The number of halogens is 1. The second-order valence-corrected chi connectivity index (χ2v) is 4.95. The second kappa shape index (κ2) is 4.46. The van der Waals surface area contributed by atoms with Gasteiger partial charge in [0.15, 0.2) is 0 Å². The van der Waals surface area contributed by atoms with Crippen LogP contribution in [0.5, 0.6) is 0 Å². The van der Waals surface area contributed by atoms with E-state index in [4.69, 9.17) is 17.3 Å². The number of carbonyl (C=O) groups excluding carboxylic acids is 1. The van der Waals surface area contributed by atoms with Gasteiger partial charge in [0.25, 0.3) is 0 Å². The van der Waals surface area contributed by atoms with Crippen molar-refractivity contribution < 1.29 is 4.79 Å². The minimum atomic E-state index is -0.456. The van der Waals surface area contributed by atoms with Crippen molar-refractivity contribution in [3.8, 4) is 0 Å². The van der Waals surface area contributed by atoms with Gasteiger partial charge in [-0.1, -0.05) is 43.0 Å². The van der Waals surface area contributed by atoms with E-state index in [9.17, 15) is 4.79 Å². The van der Waals surface area contributed by atoms with Gasteiger partial charge in [0.1, 0.15) is 0 Å². The molecular weight excluding hydrogens is 222 g/mol. The first-order valence-electron chi connectivity index (χ1n) is 5.71. The lowest BCUT2D eigenvalue weighted by Crippen LogP contribution is -2.42. The number of nitrogens with two attached hydrogens (primary N) is 1. The zero-order valence-corrected chi connectivity index (χ0v) is 9.96. The molecule has 1 saturated carbocycles. The van der Waals surface area contributed by atoms with E-state index in [0.717, 1.165) is 31.2 Å². The van der Waals surface area contributed by atoms with Gasteiger partial charge in [-0.3, -0.25) is 4.79 Å². The Morgan fingerprint density at radius 3 is 2.19 bits per heavy atom. The van der Waals surface area contributed by atoms with E-state index in [0.29, 0.717) is 5.02 Å². The minimum absolute atomic E-state index is 0.200. The van der Waals surface area contributed by atoms with E-state index >= 15 is 0 Å². The predicted octanol–water partition coefficient (Wildman–Crippen LogP) is 3.03. The molecular formula is C13H16ClNO. The van der Waals surface area contributed by atoms with Crippen molar-refractivity contribution in [3.63, 3.8) is 0 Å². The lowest BCUT2D eigenvalue weighted by molar-refractivity contribution is -0.124. The highest BCUT2D eigenvalue weighted by atomic mass is 35.5. The lowest BCUT2D eigenvalue weighted by atomic mass is 9.69. The molecule has 0 atom stereocenters. The van der Waals surface area contributed by atoms with Gasteiger partial charge in [-0.2, -0.15) is 0 Å². The molecule has 0 aliphatic heterocycles. The first kappa shape index (κ1) is 11.5. The number of carbonyl (C=O) groups is 1. The van der Waals surface area contributed by atoms with Crippen molar-refractivity contribution in [3.05, 3.63) is 34.9 Å². The first-order chi connectivity index (χ1) is 7.65. The molecule has 1 aliphatic carbocycles. The van der Waals surface area contributed by atoms with Crippen LogP contribution < -0.4 is 5.73 Å². The van der Waals surface area contributed by atoms with E-state index in [1.54, 1.807) is 0 Å². The summed E-state index contributed by atoms with van der Waals surface area (Å²) in [4.78, 5) is 11.8. The topological polar surface area (TPSA) is 43.1 Å². The summed E-state index contributed by atoms with van der Waals surface area (Å²) in [6, 6.07) is 7.52. The molecule has 0 radical (unpaired) electrons. The van der Waals surface area contributed by atoms with Crippen molar-refractivity contribution in [2.45, 2.75) is 37.5 Å². The van der Waals surface area contributed by atoms with Gasteiger partial charge < -0.3 is 5.73 Å². The van der Waals surface area contributed by atoms with Crippen LogP contribution in [0.3, 0.4) is 0 Å². The average Bonchev–Trinajstić information content (AvgIpc) is 2.30. The van der Waals surface area contributed by atoms with Gasteiger partial charge in [-0.15, -0.1) is 0 Å². The maximum absolute atomic E-state index is 11.8. The molecule has 1 fully saturated rings. The van der Waals surface area contributed by atoms with Gasteiger partial charge >= 0.3 is 0 Å². The summed E-state index contributed by atoms with van der Waals surface area (Å²) in [6.07, 6.45) is 5.08. The molecule has 2 nitrogen and oxygen atoms in total. The Morgan fingerprint density at radius 1 is 1.12 bits per heavy atom. The molecule has 0 bridgehead atoms. The van der Waals surface area contributed by atoms with E-state index in [-0.39, 0.29) is 5.91 Å². The van der Waals surface area contributed by atoms with Crippen molar-refractivity contribution in [1.29, 1.82) is 0 Å². The Labute approximate surface area is 101 Å². The third-order valence-corrected chi connectivity index (χ3v) is 3.83. The third-order valence-electron chi connectivity index (χ3n) is 3.58. The Hall–Kier alpha value is -1.02. The smallest absolute Gasteiger partial charge is 0.228 e. The van der Waals surface area contributed by atoms with Crippen molar-refractivity contribution in [2.24, 2.45) is 5.73 Å². The highest BCUT2D eigenvalue weighted by Crippen LogP contribution is 2.39. The van der Waals surface area contributed by atoms with Crippen LogP contribution in [0.2, 0.25) is 5.02 Å². The summed E-state index contributed by atoms with van der Waals surface area (Å²) >= 11 is 5.86. The maximum Gasteiger partial charge on any atom is 0.228 e. The number of hydrogen-bond donors (Lipinski definition) is 1. The molecule has 3 heteroatoms. The molecule has 16 heavy (non-hydrogen) atoms. The van der Waals surface area contributed by atoms with Crippen LogP contribution in [0.15, 0.2) is 24.3 Å². The van der Waals surface area contributed by atoms with E-state index in [1.165, 1.54) is 6.42 Å². The number of hydrogen-bond acceptors (Lipinski definition) is 1. The van der Waals surface area contributed by atoms with E-state index in [1.807, 2.05) is 24.3 Å². The molecule has 1 aromatic rings. The Morgan fingerprint density at radius 2 is 1.69 bits per heavy atom. The first-order valence-corrected chi connectivity index (χ1v) is 6.09. The standard InChI is InChI=1S/C13H16ClNO/c14-11-6-4-10(5-7-11)13(12(15)16)8-2-1-3-9-13/h4-7H,1-3,8-9H2,(H2,15,16). The number of benzene rings is 1. The molecule has 0 unspecified atom stereocenters. The number of primary amides is 1. The second-order valence-electron chi connectivity index (χ2n) is 4.51. The summed E-state index contributed by atoms with van der Waals surface area (Å²) in [6.45, 7) is 0. The molecule has 0 aromatic heterocycles. The van der Waals surface area contributed by atoms with Crippen LogP contribution >= 0.6 is 11.6 Å². The molecule has 1 aliphatic rings. The lowest BCUT2D eigenvalue weighted by Gasteiger charge is -2.34. The Kier molecular flexibility index (Phi) is 3.20. The van der Waals surface area contributed by atoms with Crippen LogP contribution in [0.4, 0.5) is 0 Å². The molecule has 1 aromatic carbocycles. The quantitative estimate of drug-likeness (QED) is 0.844. The van der Waals surface area contributed by atoms with Crippen LogP contribution in [0.1, 0.15) is 37.7 Å². The third kappa shape index (κ3) is 1.94. The summed E-state index contributed by atoms with van der Waals surface area (Å²) < 4.78 is 0. The van der Waals surface area contributed by atoms with E-state index in [2.05, 4.69) is 0 Å². The summed E-state index contributed by atoms with van der Waals surface area (Å²) in [5.74, 6) is -0.200. The van der Waals surface area contributed by atoms with Gasteiger partial charge in [0, 0.05) is 5.02 Å². The molecule has 0 spiro atoms. The molecule has 0 heterocycles. The predicted molar refractivity (Wildman–Crippen MR) is 65.4 cm³/mol. The highest BCUT2D eigenvalue weighted by molar-refractivity contribution is 6.30. The Bertz CT molecular complexity index is 379. The minimum Gasteiger partial charge on any atom is -0.369 e. The SMILES string of the molecule is NC(=O)C1(c2ccc(Cl)cc2)CCCCC1. The van der Waals surface area contributed by atoms with Crippen LogP contribution in [0.25, 0.3) is 0 Å². The van der Waals surface area contributed by atoms with Gasteiger partial charge in [0.05, 0.1) is 5.41 Å². The van der Waals surface area contributed by atoms with Gasteiger partial charge in [0.2, 0.25) is 5.91 Å². The average molecular weight is 238 g/mol. The van der Waals surface area contributed by atoms with Crippen molar-refractivity contribution in [2.75, 3.05) is 0 Å². The maximum atomic E-state index is 11.8. The highest BCUT2D eigenvalue weighted by Gasteiger charge is 2.39. The zero-order valence-electron chi connectivity index (χ0n) is 9.21. The van der Waals surface area contributed by atoms with E-state index < -0.39 is 5.41 Å². The summed E-state index contributed by atoms with van der Waals surface area (Å²) in [7, 11) is 0. The molecule has 1 amide bonds. The van der Waals surface area contributed by atoms with Crippen LogP contribution in [-0.4, -0.2) is 5.91 Å². The monoisotopic (exact) mass is 237 g/mol. The number of amides is 1. The molecule has 0 saturated heterocycles. The van der Waals surface area contributed by atoms with Gasteiger partial charge in [-0.25, -0.2) is 0 Å². The molecule has 2 N–H and O–H groups in total. The number of rotatable bonds is 2. The van der Waals surface area contributed by atoms with Crippen LogP contribution in [-0.2, 0) is 10.2 Å². The van der Waals surface area contributed by atoms with Crippen LogP contribution in [0, 0.1) is 0 Å². The van der Waals surface area contributed by atoms with Crippen molar-refractivity contribution in [1.82, 2.24) is 0 Å². The Balaban J connectivity index is 2.38. The zero-order chi connectivity index (χ0) is 11.6. The van der Waals surface area contributed by atoms with Crippen molar-refractivity contribution >= 4 is 17.5 Å². The molecule has 86 valence electrons. The largest absolute Gasteiger partial charge is 0.369 e. The summed E-state index contributed by atoms with van der Waals surface area (Å²) in [5, 5.41) is 0.694. The molecule has 2 rings (SSSR count).